The molecule has 1 saturated heterocycles. The van der Waals surface area contributed by atoms with Gasteiger partial charge in [-0.15, -0.1) is 0 Å². The Kier molecular flexibility index (Phi) is 2.57. The highest BCUT2D eigenvalue weighted by Crippen LogP contribution is 2.64. The lowest BCUT2D eigenvalue weighted by Crippen LogP contribution is -2.32. The first-order valence-corrected chi connectivity index (χ1v) is 8.25. The predicted octanol–water partition coefficient (Wildman–Crippen LogP) is 1.63. The number of aliphatic hydroxyl groups is 1. The monoisotopic (exact) mass is 352 g/mol. The Morgan fingerprint density at radius 1 is 1.23 bits per heavy atom. The molecule has 0 saturated carbocycles. The van der Waals surface area contributed by atoms with Gasteiger partial charge in [-0.3, -0.25) is 0 Å². The van der Waals surface area contributed by atoms with Gasteiger partial charge in [-0.1, -0.05) is 0 Å². The first kappa shape index (κ1) is 15.3. The van der Waals surface area contributed by atoms with Crippen LogP contribution >= 0.6 is 0 Å². The summed E-state index contributed by atoms with van der Waals surface area (Å²) in [5, 5.41) is 45.7. The van der Waals surface area contributed by atoms with Crippen molar-refractivity contribution < 1.29 is 20.1 Å². The lowest BCUT2D eigenvalue weighted by Gasteiger charge is -2.25. The van der Waals surface area contributed by atoms with Crippen molar-refractivity contribution in [2.24, 2.45) is 0 Å². The van der Waals surface area contributed by atoms with Crippen LogP contribution in [0.1, 0.15) is 37.1 Å². The molecule has 5 rings (SSSR count). The molecule has 2 bridgehead atoms. The second-order valence-corrected chi connectivity index (χ2v) is 7.24. The van der Waals surface area contributed by atoms with Crippen molar-refractivity contribution >= 4 is 5.52 Å². The van der Waals surface area contributed by atoms with Crippen LogP contribution in [0.3, 0.4) is 0 Å². The molecule has 3 aromatic rings. The molecular formula is C18H16N4O4. The van der Waals surface area contributed by atoms with E-state index in [-0.39, 0.29) is 11.8 Å². The Labute approximate surface area is 148 Å². The zero-order chi connectivity index (χ0) is 18.4. The standard InChI is InChI=1S/C18H16N4O4/c1-17-7-12(23)18(2,26-17)14-13(17)15(24)21(16(14)25)10-4-3-9(8-19)22-11(10)5-6-20-22/h3-6,12,23-25H,7H2,1-2H3/t12-,17?,18?/m1/s1. The van der Waals surface area contributed by atoms with Gasteiger partial charge in [0.05, 0.1) is 40.2 Å². The maximum Gasteiger partial charge on any atom is 0.205 e. The number of pyridine rings is 1. The van der Waals surface area contributed by atoms with Gasteiger partial charge in [0.2, 0.25) is 11.8 Å². The van der Waals surface area contributed by atoms with Gasteiger partial charge in [-0.25, -0.2) is 9.08 Å². The predicted molar refractivity (Wildman–Crippen MR) is 89.0 cm³/mol. The quantitative estimate of drug-likeness (QED) is 0.613. The second kappa shape index (κ2) is 4.38. The third-order valence-corrected chi connectivity index (χ3v) is 5.69. The minimum Gasteiger partial charge on any atom is -0.494 e. The molecule has 132 valence electrons. The SMILES string of the molecule is CC12C[C@@H](O)C(C)(O1)c1c2c(O)n(-c2ccc(C#N)n3nccc23)c1O. The van der Waals surface area contributed by atoms with Crippen LogP contribution in [0.2, 0.25) is 0 Å². The number of aliphatic hydroxyl groups excluding tert-OH is 1. The first-order valence-electron chi connectivity index (χ1n) is 8.25. The fourth-order valence-corrected chi connectivity index (χ4v) is 4.54. The Balaban J connectivity index is 1.85. The van der Waals surface area contributed by atoms with Gasteiger partial charge in [0.25, 0.3) is 0 Å². The Morgan fingerprint density at radius 2 is 1.96 bits per heavy atom. The third kappa shape index (κ3) is 1.49. The summed E-state index contributed by atoms with van der Waals surface area (Å²) in [6.45, 7) is 3.51. The molecule has 8 nitrogen and oxygen atoms in total. The van der Waals surface area contributed by atoms with Crippen LogP contribution in [0.4, 0.5) is 0 Å². The molecule has 0 amide bonds. The lowest BCUT2D eigenvalue weighted by molar-refractivity contribution is -0.0936. The molecule has 8 heteroatoms. The van der Waals surface area contributed by atoms with Crippen molar-refractivity contribution in [1.82, 2.24) is 14.2 Å². The maximum atomic E-state index is 10.9. The number of hydrogen-bond donors (Lipinski definition) is 3. The van der Waals surface area contributed by atoms with E-state index in [1.54, 1.807) is 38.2 Å². The summed E-state index contributed by atoms with van der Waals surface area (Å²) in [4.78, 5) is 0. The number of nitrogens with zero attached hydrogens (tertiary/aromatic N) is 4. The van der Waals surface area contributed by atoms with Gasteiger partial charge in [-0.2, -0.15) is 10.4 Å². The van der Waals surface area contributed by atoms with E-state index in [1.165, 1.54) is 9.08 Å². The van der Waals surface area contributed by atoms with Gasteiger partial charge in [-0.05, 0) is 32.0 Å². The Bertz CT molecular complexity index is 1140. The number of ether oxygens (including phenoxy) is 1. The maximum absolute atomic E-state index is 10.9. The number of aromatic nitrogens is 3. The highest BCUT2D eigenvalue weighted by atomic mass is 16.6. The fraction of sp³-hybridized carbons (Fsp3) is 0.333. The molecular weight excluding hydrogens is 336 g/mol. The summed E-state index contributed by atoms with van der Waals surface area (Å²) in [5.41, 5.74) is 0.312. The zero-order valence-corrected chi connectivity index (χ0v) is 14.1. The van der Waals surface area contributed by atoms with E-state index >= 15 is 0 Å². The average Bonchev–Trinajstić information content (AvgIpc) is 3.27. The van der Waals surface area contributed by atoms with E-state index in [0.717, 1.165) is 0 Å². The Morgan fingerprint density at radius 3 is 2.69 bits per heavy atom. The summed E-state index contributed by atoms with van der Waals surface area (Å²) in [7, 11) is 0. The van der Waals surface area contributed by atoms with E-state index in [0.29, 0.717) is 34.4 Å². The minimum atomic E-state index is -1.08. The van der Waals surface area contributed by atoms with Crippen LogP contribution in [0.25, 0.3) is 11.2 Å². The number of hydrogen-bond acceptors (Lipinski definition) is 6. The highest BCUT2D eigenvalue weighted by molar-refractivity contribution is 5.71. The summed E-state index contributed by atoms with van der Waals surface area (Å²) < 4.78 is 8.75. The van der Waals surface area contributed by atoms with Crippen LogP contribution in [0.5, 0.6) is 11.8 Å². The van der Waals surface area contributed by atoms with Crippen molar-refractivity contribution in [3.8, 4) is 23.5 Å². The fourth-order valence-electron chi connectivity index (χ4n) is 4.54. The van der Waals surface area contributed by atoms with Crippen LogP contribution in [0, 0.1) is 11.3 Å². The molecule has 2 aliphatic rings. The summed E-state index contributed by atoms with van der Waals surface area (Å²) in [6.07, 6.45) is 1.10. The first-order chi connectivity index (χ1) is 12.3. The normalized spacial score (nSPS) is 29.2. The van der Waals surface area contributed by atoms with Crippen molar-refractivity contribution in [2.45, 2.75) is 37.6 Å². The van der Waals surface area contributed by atoms with Gasteiger partial charge in [0, 0.05) is 6.42 Å². The topological polar surface area (TPSA) is 116 Å². The summed E-state index contributed by atoms with van der Waals surface area (Å²) in [5.74, 6) is -0.321. The van der Waals surface area contributed by atoms with E-state index in [1.807, 2.05) is 0 Å². The summed E-state index contributed by atoms with van der Waals surface area (Å²) >= 11 is 0. The molecule has 0 aliphatic carbocycles. The molecule has 0 radical (unpaired) electrons. The molecule has 26 heavy (non-hydrogen) atoms. The van der Waals surface area contributed by atoms with Crippen LogP contribution < -0.4 is 0 Å². The molecule has 0 spiro atoms. The van der Waals surface area contributed by atoms with E-state index in [9.17, 15) is 20.6 Å². The molecule has 0 aromatic carbocycles. The smallest absolute Gasteiger partial charge is 0.205 e. The summed E-state index contributed by atoms with van der Waals surface area (Å²) in [6, 6.07) is 6.97. The van der Waals surface area contributed by atoms with Crippen molar-refractivity contribution in [1.29, 1.82) is 5.26 Å². The molecule has 2 unspecified atom stereocenters. The molecule has 3 N–H and O–H groups in total. The van der Waals surface area contributed by atoms with Gasteiger partial charge in [0.15, 0.2) is 0 Å². The van der Waals surface area contributed by atoms with Crippen LogP contribution in [-0.2, 0) is 15.9 Å². The molecule has 3 atom stereocenters. The van der Waals surface area contributed by atoms with Crippen molar-refractivity contribution in [3.63, 3.8) is 0 Å². The van der Waals surface area contributed by atoms with E-state index < -0.39 is 17.3 Å². The lowest BCUT2D eigenvalue weighted by atomic mass is 9.78. The average molecular weight is 352 g/mol. The largest absolute Gasteiger partial charge is 0.494 e. The zero-order valence-electron chi connectivity index (χ0n) is 14.1. The molecule has 2 aliphatic heterocycles. The van der Waals surface area contributed by atoms with Crippen LogP contribution in [0.15, 0.2) is 24.4 Å². The second-order valence-electron chi connectivity index (χ2n) is 7.24. The van der Waals surface area contributed by atoms with Gasteiger partial charge >= 0.3 is 0 Å². The van der Waals surface area contributed by atoms with Crippen molar-refractivity contribution in [2.75, 3.05) is 0 Å². The number of aromatic hydroxyl groups is 2. The number of rotatable bonds is 1. The molecule has 1 fully saturated rings. The third-order valence-electron chi connectivity index (χ3n) is 5.69. The van der Waals surface area contributed by atoms with E-state index in [4.69, 9.17) is 4.74 Å². The van der Waals surface area contributed by atoms with Crippen LogP contribution in [-0.4, -0.2) is 35.6 Å². The van der Waals surface area contributed by atoms with E-state index in [2.05, 4.69) is 11.2 Å². The number of nitriles is 1. The van der Waals surface area contributed by atoms with Crippen molar-refractivity contribution in [3.05, 3.63) is 41.2 Å². The van der Waals surface area contributed by atoms with Gasteiger partial charge < -0.3 is 20.1 Å². The Hall–Kier alpha value is -3.02. The minimum absolute atomic E-state index is 0.136. The molecule has 5 heterocycles. The number of fused-ring (bicyclic) bond motifs is 6. The highest BCUT2D eigenvalue weighted by Gasteiger charge is 2.64. The van der Waals surface area contributed by atoms with Gasteiger partial charge in [0.1, 0.15) is 17.4 Å². The molecule has 3 aromatic heterocycles.